The molecule has 0 saturated carbocycles. The molecular weight excluding hydrogens is 174 g/mol. The first-order valence-corrected chi connectivity index (χ1v) is 3.98. The van der Waals surface area contributed by atoms with Gasteiger partial charge in [0.15, 0.2) is 0 Å². The maximum Gasteiger partial charge on any atom is 0.364 e. The van der Waals surface area contributed by atoms with Crippen LogP contribution in [0.3, 0.4) is 0 Å². The molecule has 0 aromatic carbocycles. The van der Waals surface area contributed by atoms with Crippen molar-refractivity contribution < 1.29 is 14.6 Å². The summed E-state index contributed by atoms with van der Waals surface area (Å²) in [6.45, 7) is 5.02. The molecule has 0 aliphatic carbocycles. The van der Waals surface area contributed by atoms with Crippen LogP contribution in [-0.4, -0.2) is 17.7 Å². The molecule has 5 nitrogen and oxygen atoms in total. The molecule has 0 atom stereocenters. The fourth-order valence-electron chi connectivity index (χ4n) is 0.661. The van der Waals surface area contributed by atoms with E-state index in [1.54, 1.807) is 20.8 Å². The highest BCUT2D eigenvalue weighted by molar-refractivity contribution is 5.88. The number of hydrogen-bond acceptors (Lipinski definition) is 5. The van der Waals surface area contributed by atoms with Gasteiger partial charge in [-0.1, -0.05) is 13.8 Å². The highest BCUT2D eigenvalue weighted by Crippen LogP contribution is 2.13. The Kier molecular flexibility index (Phi) is 4.72. The zero-order chi connectivity index (χ0) is 10.4. The van der Waals surface area contributed by atoms with Gasteiger partial charge in [0.1, 0.15) is 5.76 Å². The van der Waals surface area contributed by atoms with Crippen molar-refractivity contribution in [3.63, 3.8) is 0 Å². The minimum Gasteiger partial charge on any atom is -0.509 e. The van der Waals surface area contributed by atoms with Crippen molar-refractivity contribution >= 4 is 5.97 Å². The zero-order valence-corrected chi connectivity index (χ0v) is 7.90. The number of aliphatic hydroxyl groups is 1. The lowest BCUT2D eigenvalue weighted by Crippen LogP contribution is -2.10. The lowest BCUT2D eigenvalue weighted by atomic mass is 10.1. The second kappa shape index (κ2) is 5.29. The molecular formula is C8H13NO4. The molecule has 0 unspecified atom stereocenters. The summed E-state index contributed by atoms with van der Waals surface area (Å²) in [6, 6.07) is 0. The molecule has 5 heteroatoms. The van der Waals surface area contributed by atoms with E-state index in [0.29, 0.717) is 0 Å². The number of nitrogens with zero attached hydrogens (tertiary/aromatic N) is 1. The van der Waals surface area contributed by atoms with E-state index in [4.69, 9.17) is 0 Å². The van der Waals surface area contributed by atoms with Crippen LogP contribution in [0.1, 0.15) is 20.8 Å². The summed E-state index contributed by atoms with van der Waals surface area (Å²) < 4.78 is 4.52. The summed E-state index contributed by atoms with van der Waals surface area (Å²) in [4.78, 5) is 21.2. The summed E-state index contributed by atoms with van der Waals surface area (Å²) in [6.07, 6.45) is 0. The minimum absolute atomic E-state index is 0.142. The Morgan fingerprint density at radius 1 is 1.54 bits per heavy atom. The van der Waals surface area contributed by atoms with Crippen LogP contribution in [0.2, 0.25) is 0 Å². The Hall–Kier alpha value is -1.39. The predicted octanol–water partition coefficient (Wildman–Crippen LogP) is 1.74. The average Bonchev–Trinajstić information content (AvgIpc) is 2.05. The molecule has 0 saturated heterocycles. The first kappa shape index (κ1) is 11.6. The highest BCUT2D eigenvalue weighted by Gasteiger charge is 2.19. The monoisotopic (exact) mass is 187 g/mol. The third kappa shape index (κ3) is 3.23. The van der Waals surface area contributed by atoms with E-state index in [2.05, 4.69) is 9.91 Å². The van der Waals surface area contributed by atoms with Crippen LogP contribution in [0.15, 0.2) is 16.6 Å². The van der Waals surface area contributed by atoms with Crippen molar-refractivity contribution in [2.24, 2.45) is 11.1 Å². The Balaban J connectivity index is 4.77. The van der Waals surface area contributed by atoms with Gasteiger partial charge >= 0.3 is 5.97 Å². The van der Waals surface area contributed by atoms with Gasteiger partial charge in [-0.25, -0.2) is 4.79 Å². The van der Waals surface area contributed by atoms with Gasteiger partial charge in [-0.2, -0.15) is 0 Å². The van der Waals surface area contributed by atoms with Gasteiger partial charge < -0.3 is 9.84 Å². The van der Waals surface area contributed by atoms with Crippen molar-refractivity contribution in [3.05, 3.63) is 16.4 Å². The first-order chi connectivity index (χ1) is 6.04. The fraction of sp³-hybridized carbons (Fsp3) is 0.625. The molecule has 1 N–H and O–H groups in total. The molecule has 0 amide bonds. The van der Waals surface area contributed by atoms with E-state index in [9.17, 15) is 14.8 Å². The number of allylic oxidation sites excluding steroid dienone is 1. The smallest absolute Gasteiger partial charge is 0.364 e. The summed E-state index contributed by atoms with van der Waals surface area (Å²) in [7, 11) is 0. The number of esters is 1. The van der Waals surface area contributed by atoms with E-state index in [-0.39, 0.29) is 18.3 Å². The van der Waals surface area contributed by atoms with Gasteiger partial charge in [0.25, 0.3) is 0 Å². The average molecular weight is 187 g/mol. The number of aliphatic hydroxyl groups excluding tert-OH is 1. The number of nitroso groups, excluding NO2 is 1. The molecule has 0 rings (SSSR count). The number of carbonyl (C=O) groups is 1. The van der Waals surface area contributed by atoms with Crippen molar-refractivity contribution in [3.8, 4) is 0 Å². The molecule has 0 spiro atoms. The molecule has 0 heterocycles. The summed E-state index contributed by atoms with van der Waals surface area (Å²) >= 11 is 0. The lowest BCUT2D eigenvalue weighted by Gasteiger charge is -2.05. The van der Waals surface area contributed by atoms with Gasteiger partial charge in [0, 0.05) is 5.92 Å². The predicted molar refractivity (Wildman–Crippen MR) is 46.9 cm³/mol. The van der Waals surface area contributed by atoms with Crippen LogP contribution < -0.4 is 0 Å². The van der Waals surface area contributed by atoms with Gasteiger partial charge in [-0.05, 0) is 12.1 Å². The number of carbonyl (C=O) groups excluding carboxylic acids is 1. The quantitative estimate of drug-likeness (QED) is 0.315. The number of ether oxygens (including phenoxy) is 1. The maximum atomic E-state index is 11.0. The molecule has 0 aliphatic heterocycles. The normalized spacial score (nSPS) is 12.3. The van der Waals surface area contributed by atoms with Gasteiger partial charge in [0.05, 0.1) is 6.61 Å². The van der Waals surface area contributed by atoms with Crippen molar-refractivity contribution in [1.82, 2.24) is 0 Å². The molecule has 0 aromatic rings. The molecule has 74 valence electrons. The number of hydrogen-bond donors (Lipinski definition) is 1. The Morgan fingerprint density at radius 2 is 2.08 bits per heavy atom. The fourth-order valence-corrected chi connectivity index (χ4v) is 0.661. The largest absolute Gasteiger partial charge is 0.509 e. The van der Waals surface area contributed by atoms with E-state index < -0.39 is 11.7 Å². The van der Waals surface area contributed by atoms with Crippen LogP contribution in [0.5, 0.6) is 0 Å². The van der Waals surface area contributed by atoms with E-state index in [0.717, 1.165) is 0 Å². The summed E-state index contributed by atoms with van der Waals surface area (Å²) in [5.41, 5.74) is -0.545. The van der Waals surface area contributed by atoms with E-state index in [1.807, 2.05) is 0 Å². The Bertz CT molecular complexity index is 232. The van der Waals surface area contributed by atoms with E-state index in [1.165, 1.54) is 0 Å². The lowest BCUT2D eigenvalue weighted by molar-refractivity contribution is -0.138. The SMILES string of the molecule is CCOC(=O)/C(N=O)=C(\O)C(C)C. The summed E-state index contributed by atoms with van der Waals surface area (Å²) in [5.74, 6) is -1.55. The van der Waals surface area contributed by atoms with Crippen LogP contribution in [0.4, 0.5) is 0 Å². The topological polar surface area (TPSA) is 76.0 Å². The standard InChI is InChI=1S/C8H13NO4/c1-4-13-8(11)6(9-12)7(10)5(2)3/h5,10H,4H2,1-3H3/b7-6+. The van der Waals surface area contributed by atoms with Crippen LogP contribution >= 0.6 is 0 Å². The van der Waals surface area contributed by atoms with Gasteiger partial charge in [-0.3, -0.25) is 0 Å². The molecule has 0 bridgehead atoms. The van der Waals surface area contributed by atoms with Crippen molar-refractivity contribution in [2.75, 3.05) is 6.61 Å². The zero-order valence-electron chi connectivity index (χ0n) is 7.90. The van der Waals surface area contributed by atoms with Crippen LogP contribution in [0.25, 0.3) is 0 Å². The Labute approximate surface area is 76.4 Å². The van der Waals surface area contributed by atoms with Gasteiger partial charge in [-0.15, -0.1) is 4.91 Å². The third-order valence-electron chi connectivity index (χ3n) is 1.35. The minimum atomic E-state index is -0.885. The number of rotatable bonds is 4. The Morgan fingerprint density at radius 3 is 2.38 bits per heavy atom. The second-order valence-electron chi connectivity index (χ2n) is 2.70. The van der Waals surface area contributed by atoms with E-state index >= 15 is 0 Å². The second-order valence-corrected chi connectivity index (χ2v) is 2.70. The molecule has 0 aliphatic rings. The van der Waals surface area contributed by atoms with Crippen LogP contribution in [-0.2, 0) is 9.53 Å². The van der Waals surface area contributed by atoms with Crippen molar-refractivity contribution in [2.45, 2.75) is 20.8 Å². The highest BCUT2D eigenvalue weighted by atomic mass is 16.5. The third-order valence-corrected chi connectivity index (χ3v) is 1.35. The van der Waals surface area contributed by atoms with Crippen LogP contribution in [0, 0.1) is 10.8 Å². The molecule has 0 radical (unpaired) electrons. The molecule has 0 aromatic heterocycles. The summed E-state index contributed by atoms with van der Waals surface area (Å²) in [5, 5.41) is 11.7. The molecule has 13 heavy (non-hydrogen) atoms. The first-order valence-electron chi connectivity index (χ1n) is 3.98. The molecule has 0 fully saturated rings. The van der Waals surface area contributed by atoms with Gasteiger partial charge in [0.2, 0.25) is 5.70 Å². The maximum absolute atomic E-state index is 11.0. The van der Waals surface area contributed by atoms with Crippen molar-refractivity contribution in [1.29, 1.82) is 0 Å².